The molecule has 21 heavy (non-hydrogen) atoms. The fourth-order valence-corrected chi connectivity index (χ4v) is 3.03. The maximum Gasteiger partial charge on any atom is 0.240 e. The molecule has 0 bridgehead atoms. The standard InChI is InChI=1S/C16H20N2O2S/c1-3-17-15-8-10-16(11-9-15)21(19,20)18-12-14-7-5-4-6-13(14)2/h4-11,17-18H,3,12H2,1-2H3. The van der Waals surface area contributed by atoms with Crippen LogP contribution >= 0.6 is 0 Å². The molecule has 0 amide bonds. The van der Waals surface area contributed by atoms with E-state index in [-0.39, 0.29) is 4.90 Å². The summed E-state index contributed by atoms with van der Waals surface area (Å²) in [5.41, 5.74) is 2.96. The SMILES string of the molecule is CCNc1ccc(S(=O)(=O)NCc2ccccc2C)cc1. The fraction of sp³-hybridized carbons (Fsp3) is 0.250. The summed E-state index contributed by atoms with van der Waals surface area (Å²) < 4.78 is 27.1. The zero-order chi connectivity index (χ0) is 15.3. The van der Waals surface area contributed by atoms with E-state index in [0.29, 0.717) is 6.54 Å². The molecule has 0 aliphatic carbocycles. The summed E-state index contributed by atoms with van der Waals surface area (Å²) in [6.07, 6.45) is 0. The van der Waals surface area contributed by atoms with E-state index in [1.807, 2.05) is 38.1 Å². The maximum absolute atomic E-state index is 12.3. The number of sulfonamides is 1. The number of nitrogens with one attached hydrogen (secondary N) is 2. The Morgan fingerprint density at radius 1 is 1.00 bits per heavy atom. The van der Waals surface area contributed by atoms with Crippen molar-refractivity contribution in [3.05, 3.63) is 59.7 Å². The summed E-state index contributed by atoms with van der Waals surface area (Å²) in [4.78, 5) is 0.276. The quantitative estimate of drug-likeness (QED) is 0.862. The van der Waals surface area contributed by atoms with E-state index in [1.54, 1.807) is 24.3 Å². The van der Waals surface area contributed by atoms with Crippen LogP contribution in [0.25, 0.3) is 0 Å². The Morgan fingerprint density at radius 3 is 2.29 bits per heavy atom. The van der Waals surface area contributed by atoms with Crippen LogP contribution in [0.1, 0.15) is 18.1 Å². The predicted octanol–water partition coefficient (Wildman–Crippen LogP) is 2.91. The molecule has 112 valence electrons. The number of benzene rings is 2. The third kappa shape index (κ3) is 4.06. The lowest BCUT2D eigenvalue weighted by molar-refractivity contribution is 0.581. The minimum Gasteiger partial charge on any atom is -0.385 e. The van der Waals surface area contributed by atoms with Crippen molar-refractivity contribution in [1.82, 2.24) is 4.72 Å². The van der Waals surface area contributed by atoms with E-state index in [0.717, 1.165) is 23.4 Å². The van der Waals surface area contributed by atoms with Crippen LogP contribution in [0.2, 0.25) is 0 Å². The molecule has 2 aromatic rings. The van der Waals surface area contributed by atoms with Gasteiger partial charge in [0.1, 0.15) is 0 Å². The number of hydrogen-bond donors (Lipinski definition) is 2. The highest BCUT2D eigenvalue weighted by molar-refractivity contribution is 7.89. The molecule has 2 rings (SSSR count). The molecule has 5 heteroatoms. The van der Waals surface area contributed by atoms with Gasteiger partial charge in [-0.2, -0.15) is 0 Å². The summed E-state index contributed by atoms with van der Waals surface area (Å²) >= 11 is 0. The van der Waals surface area contributed by atoms with Crippen molar-refractivity contribution in [2.45, 2.75) is 25.3 Å². The lowest BCUT2D eigenvalue weighted by Crippen LogP contribution is -2.23. The Labute approximate surface area is 126 Å². The van der Waals surface area contributed by atoms with Gasteiger partial charge in [0, 0.05) is 18.8 Å². The van der Waals surface area contributed by atoms with Gasteiger partial charge in [-0.3, -0.25) is 0 Å². The van der Waals surface area contributed by atoms with E-state index in [4.69, 9.17) is 0 Å². The second-order valence-corrected chi connectivity index (χ2v) is 6.57. The molecule has 0 aliphatic heterocycles. The molecule has 0 atom stereocenters. The zero-order valence-electron chi connectivity index (χ0n) is 12.3. The van der Waals surface area contributed by atoms with Crippen molar-refractivity contribution < 1.29 is 8.42 Å². The van der Waals surface area contributed by atoms with Crippen molar-refractivity contribution >= 4 is 15.7 Å². The fourth-order valence-electron chi connectivity index (χ4n) is 2.02. The minimum absolute atomic E-state index is 0.276. The second-order valence-electron chi connectivity index (χ2n) is 4.81. The van der Waals surface area contributed by atoms with E-state index in [1.165, 1.54) is 0 Å². The van der Waals surface area contributed by atoms with Crippen molar-refractivity contribution in [3.8, 4) is 0 Å². The molecular weight excluding hydrogens is 284 g/mol. The second kappa shape index (κ2) is 6.74. The topological polar surface area (TPSA) is 58.2 Å². The lowest BCUT2D eigenvalue weighted by atomic mass is 10.1. The first kappa shape index (κ1) is 15.5. The third-order valence-electron chi connectivity index (χ3n) is 3.26. The summed E-state index contributed by atoms with van der Waals surface area (Å²) in [6, 6.07) is 14.5. The van der Waals surface area contributed by atoms with Crippen LogP contribution in [0.3, 0.4) is 0 Å². The van der Waals surface area contributed by atoms with Crippen LogP contribution in [-0.2, 0) is 16.6 Å². The molecule has 2 aromatic carbocycles. The summed E-state index contributed by atoms with van der Waals surface area (Å²) in [5, 5.41) is 3.14. The van der Waals surface area contributed by atoms with Crippen LogP contribution in [-0.4, -0.2) is 15.0 Å². The molecule has 0 unspecified atom stereocenters. The van der Waals surface area contributed by atoms with Crippen LogP contribution < -0.4 is 10.0 Å². The number of aryl methyl sites for hydroxylation is 1. The van der Waals surface area contributed by atoms with Crippen LogP contribution in [0.15, 0.2) is 53.4 Å². The minimum atomic E-state index is -3.48. The molecule has 0 heterocycles. The van der Waals surface area contributed by atoms with Crippen molar-refractivity contribution in [2.75, 3.05) is 11.9 Å². The van der Waals surface area contributed by atoms with Gasteiger partial charge < -0.3 is 5.32 Å². The Balaban J connectivity index is 2.09. The Kier molecular flexibility index (Phi) is 4.98. The molecule has 0 fully saturated rings. The van der Waals surface area contributed by atoms with Crippen molar-refractivity contribution in [2.24, 2.45) is 0 Å². The summed E-state index contributed by atoms with van der Waals surface area (Å²) in [6.45, 7) is 5.06. The molecule has 4 nitrogen and oxygen atoms in total. The summed E-state index contributed by atoms with van der Waals surface area (Å²) in [5.74, 6) is 0. The molecule has 0 aliphatic rings. The van der Waals surface area contributed by atoms with E-state index < -0.39 is 10.0 Å². The number of anilines is 1. The monoisotopic (exact) mass is 304 g/mol. The molecule has 0 saturated carbocycles. The Morgan fingerprint density at radius 2 is 1.67 bits per heavy atom. The summed E-state index contributed by atoms with van der Waals surface area (Å²) in [7, 11) is -3.48. The zero-order valence-corrected chi connectivity index (χ0v) is 13.1. The van der Waals surface area contributed by atoms with Gasteiger partial charge in [0.2, 0.25) is 10.0 Å². The van der Waals surface area contributed by atoms with E-state index in [9.17, 15) is 8.42 Å². The molecule has 0 aromatic heterocycles. The molecule has 2 N–H and O–H groups in total. The number of hydrogen-bond acceptors (Lipinski definition) is 3. The molecule has 0 saturated heterocycles. The van der Waals surface area contributed by atoms with Crippen molar-refractivity contribution in [3.63, 3.8) is 0 Å². The van der Waals surface area contributed by atoms with Gasteiger partial charge in [-0.1, -0.05) is 24.3 Å². The molecule has 0 spiro atoms. The van der Waals surface area contributed by atoms with Crippen LogP contribution in [0, 0.1) is 6.92 Å². The average Bonchev–Trinajstić information content (AvgIpc) is 2.47. The highest BCUT2D eigenvalue weighted by Gasteiger charge is 2.13. The van der Waals surface area contributed by atoms with Gasteiger partial charge in [0.05, 0.1) is 4.90 Å². The highest BCUT2D eigenvalue weighted by atomic mass is 32.2. The maximum atomic E-state index is 12.3. The van der Waals surface area contributed by atoms with Gasteiger partial charge in [-0.05, 0) is 49.2 Å². The molecular formula is C16H20N2O2S. The van der Waals surface area contributed by atoms with Gasteiger partial charge in [0.15, 0.2) is 0 Å². The van der Waals surface area contributed by atoms with Gasteiger partial charge >= 0.3 is 0 Å². The van der Waals surface area contributed by atoms with Crippen LogP contribution in [0.4, 0.5) is 5.69 Å². The first-order valence-corrected chi connectivity index (χ1v) is 8.39. The lowest BCUT2D eigenvalue weighted by Gasteiger charge is -2.10. The average molecular weight is 304 g/mol. The van der Waals surface area contributed by atoms with Crippen LogP contribution in [0.5, 0.6) is 0 Å². The smallest absolute Gasteiger partial charge is 0.240 e. The Hall–Kier alpha value is -1.85. The van der Waals surface area contributed by atoms with Gasteiger partial charge in [0.25, 0.3) is 0 Å². The van der Waals surface area contributed by atoms with E-state index in [2.05, 4.69) is 10.0 Å². The van der Waals surface area contributed by atoms with Crippen molar-refractivity contribution in [1.29, 1.82) is 0 Å². The third-order valence-corrected chi connectivity index (χ3v) is 4.68. The highest BCUT2D eigenvalue weighted by Crippen LogP contribution is 2.15. The first-order chi connectivity index (χ1) is 10.0. The van der Waals surface area contributed by atoms with E-state index >= 15 is 0 Å². The largest absolute Gasteiger partial charge is 0.385 e. The first-order valence-electron chi connectivity index (χ1n) is 6.91. The normalized spacial score (nSPS) is 11.3. The Bertz CT molecular complexity index is 694. The van der Waals surface area contributed by atoms with Gasteiger partial charge in [-0.25, -0.2) is 13.1 Å². The molecule has 0 radical (unpaired) electrons. The predicted molar refractivity (Wildman–Crippen MR) is 85.8 cm³/mol. The van der Waals surface area contributed by atoms with Gasteiger partial charge in [-0.15, -0.1) is 0 Å². The number of rotatable bonds is 6.